The molecule has 1 N–H and O–H groups in total. The monoisotopic (exact) mass is 561 g/mol. The van der Waals surface area contributed by atoms with Gasteiger partial charge in [0.1, 0.15) is 0 Å². The summed E-state index contributed by atoms with van der Waals surface area (Å²) in [5, 5.41) is 4.53. The molecule has 0 radical (unpaired) electrons. The van der Waals surface area contributed by atoms with Gasteiger partial charge in [-0.25, -0.2) is 13.8 Å². The number of aryl methyl sites for hydroxylation is 3. The van der Waals surface area contributed by atoms with Crippen LogP contribution in [0.2, 0.25) is 5.02 Å². The fourth-order valence-electron chi connectivity index (χ4n) is 3.67. The Morgan fingerprint density at radius 3 is 2.29 bits per heavy atom. The fraction of sp³-hybridized carbons (Fsp3) is 0.200. The summed E-state index contributed by atoms with van der Waals surface area (Å²) < 4.78 is 29.4. The Morgan fingerprint density at radius 1 is 1.06 bits per heavy atom. The van der Waals surface area contributed by atoms with E-state index in [1.807, 2.05) is 43.3 Å². The number of benzene rings is 3. The summed E-state index contributed by atoms with van der Waals surface area (Å²) in [7, 11) is -3.99. The molecule has 0 aliphatic rings. The van der Waals surface area contributed by atoms with Crippen molar-refractivity contribution in [2.45, 2.75) is 32.2 Å². The predicted molar refractivity (Wildman–Crippen MR) is 140 cm³/mol. The molecule has 0 unspecified atom stereocenters. The summed E-state index contributed by atoms with van der Waals surface area (Å²) in [5.41, 5.74) is 6.14. The van der Waals surface area contributed by atoms with Gasteiger partial charge in [-0.05, 0) is 55.7 Å². The predicted octanol–water partition coefficient (Wildman–Crippen LogP) is 5.37. The number of nitrogens with one attached hydrogen (secondary N) is 1. The number of halogens is 2. The van der Waals surface area contributed by atoms with Gasteiger partial charge in [0.2, 0.25) is 10.0 Å². The normalized spacial score (nSPS) is 11.8. The molecular weight excluding hydrogens is 538 g/mol. The van der Waals surface area contributed by atoms with Crippen LogP contribution in [0.5, 0.6) is 0 Å². The number of hydrogen-bond donors (Lipinski definition) is 1. The molecule has 6 nitrogen and oxygen atoms in total. The molecule has 0 saturated heterocycles. The smallest absolute Gasteiger partial charge is 0.255 e. The Morgan fingerprint density at radius 2 is 1.68 bits per heavy atom. The van der Waals surface area contributed by atoms with Crippen LogP contribution in [0, 0.1) is 20.8 Å². The summed E-state index contributed by atoms with van der Waals surface area (Å²) in [5.74, 6) is -0.553. The molecule has 0 heterocycles. The van der Waals surface area contributed by atoms with Crippen molar-refractivity contribution in [2.24, 2.45) is 5.10 Å². The average Bonchev–Trinajstić information content (AvgIpc) is 2.75. The minimum Gasteiger partial charge on any atom is -0.272 e. The molecule has 0 aliphatic heterocycles. The number of hydrogen-bond acceptors (Lipinski definition) is 4. The van der Waals surface area contributed by atoms with Crippen LogP contribution < -0.4 is 5.43 Å². The zero-order chi connectivity index (χ0) is 24.9. The van der Waals surface area contributed by atoms with E-state index in [-0.39, 0.29) is 11.4 Å². The number of amides is 1. The highest BCUT2D eigenvalue weighted by molar-refractivity contribution is 9.10. The highest BCUT2D eigenvalue weighted by Crippen LogP contribution is 2.26. The van der Waals surface area contributed by atoms with Crippen LogP contribution >= 0.6 is 27.5 Å². The van der Waals surface area contributed by atoms with Gasteiger partial charge in [-0.15, -0.1) is 0 Å². The topological polar surface area (TPSA) is 78.8 Å². The molecule has 3 rings (SSSR count). The van der Waals surface area contributed by atoms with E-state index in [9.17, 15) is 13.2 Å². The van der Waals surface area contributed by atoms with Gasteiger partial charge in [0.05, 0.1) is 17.7 Å². The van der Waals surface area contributed by atoms with Gasteiger partial charge >= 0.3 is 0 Å². The first-order valence-electron chi connectivity index (χ1n) is 10.5. The summed E-state index contributed by atoms with van der Waals surface area (Å²) in [4.78, 5) is 12.9. The zero-order valence-corrected chi connectivity index (χ0v) is 22.2. The number of sulfonamides is 1. The van der Waals surface area contributed by atoms with Crippen molar-refractivity contribution in [1.29, 1.82) is 0 Å². The second-order valence-corrected chi connectivity index (χ2v) is 11.1. The third kappa shape index (κ3) is 6.54. The van der Waals surface area contributed by atoms with Gasteiger partial charge in [0.15, 0.2) is 0 Å². The van der Waals surface area contributed by atoms with Crippen LogP contribution in [0.3, 0.4) is 0 Å². The minimum absolute atomic E-state index is 0.00757. The van der Waals surface area contributed by atoms with E-state index in [1.165, 1.54) is 6.21 Å². The Balaban J connectivity index is 1.88. The van der Waals surface area contributed by atoms with Crippen molar-refractivity contribution in [1.82, 2.24) is 9.73 Å². The number of carbonyl (C=O) groups excluding carboxylic acids is 1. The molecule has 3 aromatic carbocycles. The minimum atomic E-state index is -3.99. The number of carbonyl (C=O) groups is 1. The second kappa shape index (κ2) is 11.3. The summed E-state index contributed by atoms with van der Waals surface area (Å²) in [6.45, 7) is 5.04. The van der Waals surface area contributed by atoms with E-state index >= 15 is 0 Å². The Labute approximate surface area is 213 Å². The largest absolute Gasteiger partial charge is 0.272 e. The molecule has 0 spiro atoms. The van der Waals surface area contributed by atoms with Crippen molar-refractivity contribution in [2.75, 3.05) is 6.54 Å². The van der Waals surface area contributed by atoms with E-state index in [0.29, 0.717) is 21.7 Å². The highest BCUT2D eigenvalue weighted by atomic mass is 79.9. The lowest BCUT2D eigenvalue weighted by molar-refractivity contribution is -0.121. The fourth-order valence-corrected chi connectivity index (χ4v) is 5.98. The molecule has 0 saturated carbocycles. The van der Waals surface area contributed by atoms with Gasteiger partial charge < -0.3 is 0 Å². The van der Waals surface area contributed by atoms with Crippen molar-refractivity contribution >= 4 is 49.7 Å². The Hall–Kier alpha value is -2.52. The van der Waals surface area contributed by atoms with Crippen molar-refractivity contribution < 1.29 is 13.2 Å². The standard InChI is InChI=1S/C25H25BrClN3O3S/c1-17-12-18(2)25(19(3)13-17)34(32,33)30(15-20-8-10-22(27)11-9-20)16-24(31)29-28-14-21-6-4-5-7-23(21)26/h4-14H,15-16H2,1-3H3,(H,29,31)/b28-14+. The molecule has 1 amide bonds. The first-order chi connectivity index (χ1) is 16.1. The third-order valence-corrected chi connectivity index (χ3v) is 8.16. The maximum atomic E-state index is 13.7. The molecule has 0 aliphatic carbocycles. The lowest BCUT2D eigenvalue weighted by Gasteiger charge is -2.24. The first kappa shape index (κ1) is 26.1. The second-order valence-electron chi connectivity index (χ2n) is 7.94. The molecule has 178 valence electrons. The number of rotatable bonds is 8. The van der Waals surface area contributed by atoms with Gasteiger partial charge in [-0.3, -0.25) is 4.79 Å². The lowest BCUT2D eigenvalue weighted by Crippen LogP contribution is -2.39. The van der Waals surface area contributed by atoms with Crippen molar-refractivity contribution in [3.05, 3.63) is 98.0 Å². The van der Waals surface area contributed by atoms with Crippen LogP contribution in [0.25, 0.3) is 0 Å². The molecular formula is C25H25BrClN3O3S. The summed E-state index contributed by atoms with van der Waals surface area (Å²) in [6.07, 6.45) is 1.49. The molecule has 9 heteroatoms. The Bertz CT molecular complexity index is 1300. The quantitative estimate of drug-likeness (QED) is 0.296. The maximum Gasteiger partial charge on any atom is 0.255 e. The lowest BCUT2D eigenvalue weighted by atomic mass is 10.1. The molecule has 0 atom stereocenters. The van der Waals surface area contributed by atoms with E-state index in [2.05, 4.69) is 26.5 Å². The number of hydrazone groups is 1. The highest BCUT2D eigenvalue weighted by Gasteiger charge is 2.30. The van der Waals surface area contributed by atoms with Gasteiger partial charge in [0.25, 0.3) is 5.91 Å². The van der Waals surface area contributed by atoms with Crippen molar-refractivity contribution in [3.8, 4) is 0 Å². The molecule has 0 aromatic heterocycles. The van der Waals surface area contributed by atoms with Crippen LogP contribution in [0.1, 0.15) is 27.8 Å². The van der Waals surface area contributed by atoms with Gasteiger partial charge in [0, 0.05) is 21.6 Å². The molecule has 0 bridgehead atoms. The van der Waals surface area contributed by atoms with E-state index in [1.54, 1.807) is 38.1 Å². The van der Waals surface area contributed by atoms with Crippen LogP contribution in [-0.4, -0.2) is 31.4 Å². The van der Waals surface area contributed by atoms with Gasteiger partial charge in [-0.1, -0.05) is 75.6 Å². The SMILES string of the molecule is Cc1cc(C)c(S(=O)(=O)N(CC(=O)N/N=C/c2ccccc2Br)Cc2ccc(Cl)cc2)c(C)c1. The van der Waals surface area contributed by atoms with Crippen LogP contribution in [-0.2, 0) is 21.4 Å². The van der Waals surface area contributed by atoms with Crippen LogP contribution in [0.15, 0.2) is 75.1 Å². The third-order valence-electron chi connectivity index (χ3n) is 5.09. The summed E-state index contributed by atoms with van der Waals surface area (Å²) >= 11 is 9.39. The molecule has 3 aromatic rings. The van der Waals surface area contributed by atoms with E-state index in [0.717, 1.165) is 19.9 Å². The number of nitrogens with zero attached hydrogens (tertiary/aromatic N) is 2. The summed E-state index contributed by atoms with van der Waals surface area (Å²) in [6, 6.07) is 17.9. The maximum absolute atomic E-state index is 13.7. The van der Waals surface area contributed by atoms with E-state index in [4.69, 9.17) is 11.6 Å². The Kier molecular flexibility index (Phi) is 8.65. The molecule has 0 fully saturated rings. The van der Waals surface area contributed by atoms with Crippen LogP contribution in [0.4, 0.5) is 0 Å². The zero-order valence-electron chi connectivity index (χ0n) is 19.0. The van der Waals surface area contributed by atoms with Crippen molar-refractivity contribution in [3.63, 3.8) is 0 Å². The molecule has 34 heavy (non-hydrogen) atoms. The first-order valence-corrected chi connectivity index (χ1v) is 13.1. The average molecular weight is 563 g/mol. The van der Waals surface area contributed by atoms with E-state index < -0.39 is 22.5 Å². The van der Waals surface area contributed by atoms with Gasteiger partial charge in [-0.2, -0.15) is 9.41 Å².